The average molecular weight is 268 g/mol. The summed E-state index contributed by atoms with van der Waals surface area (Å²) < 4.78 is 22.8. The molecule has 0 saturated carbocycles. The summed E-state index contributed by atoms with van der Waals surface area (Å²) in [6, 6.07) is 3.34. The first kappa shape index (κ1) is 13.0. The van der Waals surface area contributed by atoms with Crippen molar-refractivity contribution in [2.75, 3.05) is 19.3 Å². The van der Waals surface area contributed by atoms with Crippen LogP contribution in [0, 0.1) is 0 Å². The van der Waals surface area contributed by atoms with Crippen molar-refractivity contribution in [3.05, 3.63) is 30.1 Å². The van der Waals surface area contributed by atoms with E-state index in [1.54, 1.807) is 29.4 Å². The smallest absolute Gasteiger partial charge is 0.253 e. The van der Waals surface area contributed by atoms with Crippen LogP contribution in [-0.4, -0.2) is 48.8 Å². The van der Waals surface area contributed by atoms with E-state index in [9.17, 15) is 13.2 Å². The summed E-state index contributed by atoms with van der Waals surface area (Å²) in [6.07, 6.45) is 5.47. The van der Waals surface area contributed by atoms with Crippen molar-refractivity contribution in [1.82, 2.24) is 9.88 Å². The summed E-state index contributed by atoms with van der Waals surface area (Å²) in [7, 11) is -2.99. The molecule has 0 spiro atoms. The molecule has 1 aromatic rings. The average Bonchev–Trinajstić information content (AvgIpc) is 2.38. The summed E-state index contributed by atoms with van der Waals surface area (Å²) in [6.45, 7) is 0.998. The van der Waals surface area contributed by atoms with Gasteiger partial charge in [-0.15, -0.1) is 0 Å². The maximum atomic E-state index is 12.1. The Morgan fingerprint density at radius 3 is 2.33 bits per heavy atom. The van der Waals surface area contributed by atoms with E-state index in [4.69, 9.17) is 0 Å². The molecule has 1 saturated heterocycles. The van der Waals surface area contributed by atoms with Gasteiger partial charge in [-0.2, -0.15) is 0 Å². The molecular formula is C12H16N2O3S. The maximum Gasteiger partial charge on any atom is 0.253 e. The van der Waals surface area contributed by atoms with Crippen molar-refractivity contribution in [1.29, 1.82) is 0 Å². The third-order valence-electron chi connectivity index (χ3n) is 3.26. The Morgan fingerprint density at radius 1 is 1.28 bits per heavy atom. The van der Waals surface area contributed by atoms with E-state index >= 15 is 0 Å². The third kappa shape index (κ3) is 2.87. The van der Waals surface area contributed by atoms with Gasteiger partial charge in [-0.25, -0.2) is 8.42 Å². The zero-order valence-electron chi connectivity index (χ0n) is 10.2. The van der Waals surface area contributed by atoms with Crippen molar-refractivity contribution < 1.29 is 13.2 Å². The SMILES string of the molecule is CS(=O)(=O)C1CCN(C(=O)c2ccncc2)CC1. The first-order valence-corrected chi connectivity index (χ1v) is 7.82. The fourth-order valence-electron chi connectivity index (χ4n) is 2.16. The second-order valence-corrected chi connectivity index (χ2v) is 6.88. The van der Waals surface area contributed by atoms with Gasteiger partial charge in [0.1, 0.15) is 9.84 Å². The van der Waals surface area contributed by atoms with Crippen LogP contribution < -0.4 is 0 Å². The van der Waals surface area contributed by atoms with Crippen molar-refractivity contribution in [3.63, 3.8) is 0 Å². The molecule has 98 valence electrons. The molecule has 5 nitrogen and oxygen atoms in total. The van der Waals surface area contributed by atoms with Gasteiger partial charge < -0.3 is 4.90 Å². The topological polar surface area (TPSA) is 67.3 Å². The standard InChI is InChI=1S/C12H16N2O3S/c1-18(16,17)11-4-8-14(9-5-11)12(15)10-2-6-13-7-3-10/h2-3,6-7,11H,4-5,8-9H2,1H3. The highest BCUT2D eigenvalue weighted by Gasteiger charge is 2.28. The number of amides is 1. The van der Waals surface area contributed by atoms with Crippen LogP contribution >= 0.6 is 0 Å². The number of carbonyl (C=O) groups is 1. The Hall–Kier alpha value is -1.43. The molecule has 0 aromatic carbocycles. The number of sulfone groups is 1. The Kier molecular flexibility index (Phi) is 3.65. The molecule has 2 heterocycles. The number of carbonyl (C=O) groups excluding carboxylic acids is 1. The van der Waals surface area contributed by atoms with E-state index in [0.717, 1.165) is 0 Å². The normalized spacial score (nSPS) is 17.7. The van der Waals surface area contributed by atoms with E-state index in [-0.39, 0.29) is 11.2 Å². The summed E-state index contributed by atoms with van der Waals surface area (Å²) in [4.78, 5) is 17.7. The van der Waals surface area contributed by atoms with Gasteiger partial charge >= 0.3 is 0 Å². The number of hydrogen-bond acceptors (Lipinski definition) is 4. The number of aromatic nitrogens is 1. The molecule has 0 aliphatic carbocycles. The largest absolute Gasteiger partial charge is 0.339 e. The monoisotopic (exact) mass is 268 g/mol. The van der Waals surface area contributed by atoms with Gasteiger partial charge in [0.25, 0.3) is 5.91 Å². The molecule has 1 amide bonds. The predicted molar refractivity (Wildman–Crippen MR) is 68.0 cm³/mol. The number of rotatable bonds is 2. The summed E-state index contributed by atoms with van der Waals surface area (Å²) in [5.74, 6) is -0.0515. The van der Waals surface area contributed by atoms with Crippen LogP contribution in [0.4, 0.5) is 0 Å². The molecule has 2 rings (SSSR count). The molecule has 6 heteroatoms. The second kappa shape index (κ2) is 5.06. The van der Waals surface area contributed by atoms with Gasteiger partial charge in [0.2, 0.25) is 0 Å². The van der Waals surface area contributed by atoms with Crippen molar-refractivity contribution in [2.24, 2.45) is 0 Å². The lowest BCUT2D eigenvalue weighted by molar-refractivity contribution is 0.0725. The zero-order valence-corrected chi connectivity index (χ0v) is 11.1. The van der Waals surface area contributed by atoms with Crippen LogP contribution in [0.3, 0.4) is 0 Å². The van der Waals surface area contributed by atoms with E-state index in [0.29, 0.717) is 31.5 Å². The van der Waals surface area contributed by atoms with Crippen LogP contribution in [0.1, 0.15) is 23.2 Å². The molecule has 1 aromatic heterocycles. The van der Waals surface area contributed by atoms with Crippen molar-refractivity contribution in [3.8, 4) is 0 Å². The lowest BCUT2D eigenvalue weighted by Crippen LogP contribution is -2.42. The Labute approximate surface area is 107 Å². The number of hydrogen-bond donors (Lipinski definition) is 0. The minimum atomic E-state index is -2.99. The molecule has 0 bridgehead atoms. The number of piperidine rings is 1. The summed E-state index contributed by atoms with van der Waals surface area (Å²) in [5.41, 5.74) is 0.600. The Morgan fingerprint density at radius 2 is 1.83 bits per heavy atom. The molecule has 18 heavy (non-hydrogen) atoms. The van der Waals surface area contributed by atoms with Crippen LogP contribution in [0.15, 0.2) is 24.5 Å². The van der Waals surface area contributed by atoms with Gasteiger partial charge in [-0.05, 0) is 25.0 Å². The van der Waals surface area contributed by atoms with Crippen LogP contribution in [-0.2, 0) is 9.84 Å². The molecular weight excluding hydrogens is 252 g/mol. The van der Waals surface area contributed by atoms with Crippen LogP contribution in [0.25, 0.3) is 0 Å². The number of nitrogens with zero attached hydrogens (tertiary/aromatic N) is 2. The Balaban J connectivity index is 2.01. The van der Waals surface area contributed by atoms with E-state index < -0.39 is 9.84 Å². The quantitative estimate of drug-likeness (QED) is 0.793. The summed E-state index contributed by atoms with van der Waals surface area (Å²) >= 11 is 0. The van der Waals surface area contributed by atoms with Crippen molar-refractivity contribution in [2.45, 2.75) is 18.1 Å². The highest BCUT2D eigenvalue weighted by Crippen LogP contribution is 2.18. The van der Waals surface area contributed by atoms with Crippen LogP contribution in [0.5, 0.6) is 0 Å². The van der Waals surface area contributed by atoms with Crippen molar-refractivity contribution >= 4 is 15.7 Å². The summed E-state index contributed by atoms with van der Waals surface area (Å²) in [5, 5.41) is -0.306. The molecule has 1 aliphatic heterocycles. The van der Waals surface area contributed by atoms with Crippen LogP contribution in [0.2, 0.25) is 0 Å². The predicted octanol–water partition coefficient (Wildman–Crippen LogP) is 0.731. The molecule has 0 radical (unpaired) electrons. The zero-order chi connectivity index (χ0) is 13.2. The van der Waals surface area contributed by atoms with Gasteiger partial charge in [0, 0.05) is 37.3 Å². The molecule has 1 fully saturated rings. The van der Waals surface area contributed by atoms with E-state index in [2.05, 4.69) is 4.98 Å². The first-order valence-electron chi connectivity index (χ1n) is 5.86. The minimum absolute atomic E-state index is 0.0515. The highest BCUT2D eigenvalue weighted by molar-refractivity contribution is 7.91. The third-order valence-corrected chi connectivity index (χ3v) is 4.94. The molecule has 0 unspecified atom stereocenters. The highest BCUT2D eigenvalue weighted by atomic mass is 32.2. The molecule has 1 aliphatic rings. The second-order valence-electron chi connectivity index (χ2n) is 4.56. The van der Waals surface area contributed by atoms with Gasteiger partial charge in [-0.3, -0.25) is 9.78 Å². The lowest BCUT2D eigenvalue weighted by atomic mass is 10.1. The fraction of sp³-hybridized carbons (Fsp3) is 0.500. The first-order chi connectivity index (χ1) is 8.48. The minimum Gasteiger partial charge on any atom is -0.339 e. The Bertz CT molecular complexity index is 520. The number of likely N-dealkylation sites (tertiary alicyclic amines) is 1. The molecule has 0 atom stereocenters. The van der Waals surface area contributed by atoms with Gasteiger partial charge in [-0.1, -0.05) is 0 Å². The van der Waals surface area contributed by atoms with Gasteiger partial charge in [0.15, 0.2) is 0 Å². The van der Waals surface area contributed by atoms with E-state index in [1.807, 2.05) is 0 Å². The number of pyridine rings is 1. The fourth-order valence-corrected chi connectivity index (χ4v) is 3.23. The molecule has 0 N–H and O–H groups in total. The van der Waals surface area contributed by atoms with E-state index in [1.165, 1.54) is 6.26 Å². The van der Waals surface area contributed by atoms with Gasteiger partial charge in [0.05, 0.1) is 5.25 Å². The maximum absolute atomic E-state index is 12.1. The lowest BCUT2D eigenvalue weighted by Gasteiger charge is -2.31.